The fourth-order valence-electron chi connectivity index (χ4n) is 1.99. The van der Waals surface area contributed by atoms with E-state index in [0.717, 1.165) is 11.7 Å². The van der Waals surface area contributed by atoms with E-state index in [4.69, 9.17) is 0 Å². The van der Waals surface area contributed by atoms with Crippen molar-refractivity contribution in [2.75, 3.05) is 6.54 Å². The van der Waals surface area contributed by atoms with Crippen LogP contribution in [0.25, 0.3) is 0 Å². The van der Waals surface area contributed by atoms with Gasteiger partial charge in [-0.25, -0.2) is 4.98 Å². The smallest absolute Gasteiger partial charge is 0.165 e. The molecular weight excluding hydrogens is 242 g/mol. The van der Waals surface area contributed by atoms with Crippen LogP contribution >= 0.6 is 11.8 Å². The van der Waals surface area contributed by atoms with E-state index in [1.165, 1.54) is 5.56 Å². The van der Waals surface area contributed by atoms with Crippen molar-refractivity contribution in [3.8, 4) is 0 Å². The normalized spacial score (nSPS) is 14.3. The molecule has 0 aliphatic rings. The van der Waals surface area contributed by atoms with E-state index in [0.29, 0.717) is 11.3 Å². The molecule has 0 radical (unpaired) electrons. The Morgan fingerprint density at radius 1 is 1.33 bits per heavy atom. The number of hydrogen-bond donors (Lipinski definition) is 2. The fraction of sp³-hybridized carbons (Fsp3) is 0.357. The van der Waals surface area contributed by atoms with Crippen LogP contribution in [0, 0.1) is 0 Å². The summed E-state index contributed by atoms with van der Waals surface area (Å²) < 4.78 is 0. The number of imidazole rings is 1. The maximum Gasteiger partial charge on any atom is 0.165 e. The fourth-order valence-corrected chi connectivity index (χ4v) is 2.99. The van der Waals surface area contributed by atoms with Gasteiger partial charge in [0, 0.05) is 23.7 Å². The molecule has 18 heavy (non-hydrogen) atoms. The Labute approximate surface area is 112 Å². The largest absolute Gasteiger partial charge is 0.340 e. The van der Waals surface area contributed by atoms with Gasteiger partial charge in [0.2, 0.25) is 0 Å². The number of hydrogen-bond acceptors (Lipinski definition) is 3. The van der Waals surface area contributed by atoms with Crippen molar-refractivity contribution < 1.29 is 0 Å². The van der Waals surface area contributed by atoms with Gasteiger partial charge in [0.15, 0.2) is 5.16 Å². The van der Waals surface area contributed by atoms with E-state index >= 15 is 0 Å². The second-order valence-electron chi connectivity index (χ2n) is 4.16. The molecule has 0 aliphatic heterocycles. The molecule has 4 heteroatoms. The van der Waals surface area contributed by atoms with Gasteiger partial charge in [-0.15, -0.1) is 0 Å². The summed E-state index contributed by atoms with van der Waals surface area (Å²) in [6.45, 7) is 5.33. The average molecular weight is 261 g/mol. The first-order valence-corrected chi connectivity index (χ1v) is 7.13. The third kappa shape index (κ3) is 3.37. The van der Waals surface area contributed by atoms with Gasteiger partial charge >= 0.3 is 0 Å². The molecule has 2 atom stereocenters. The van der Waals surface area contributed by atoms with E-state index < -0.39 is 0 Å². The lowest BCUT2D eigenvalue weighted by molar-refractivity contribution is 0.547. The molecule has 3 nitrogen and oxygen atoms in total. The van der Waals surface area contributed by atoms with Crippen LogP contribution in [-0.4, -0.2) is 21.8 Å². The lowest BCUT2D eigenvalue weighted by atomic mass is 10.0. The summed E-state index contributed by atoms with van der Waals surface area (Å²) in [6.07, 6.45) is 3.65. The topological polar surface area (TPSA) is 40.7 Å². The molecule has 1 aromatic heterocycles. The van der Waals surface area contributed by atoms with Crippen LogP contribution in [0.15, 0.2) is 47.9 Å². The monoisotopic (exact) mass is 261 g/mol. The summed E-state index contributed by atoms with van der Waals surface area (Å²) in [6, 6.07) is 10.9. The SMILES string of the molecule is CCNC(c1ccccc1)C(C)Sc1ncc[nH]1. The zero-order chi connectivity index (χ0) is 12.8. The number of aromatic nitrogens is 2. The molecule has 2 N–H and O–H groups in total. The molecule has 0 bridgehead atoms. The molecule has 0 fully saturated rings. The van der Waals surface area contributed by atoms with E-state index in [2.05, 4.69) is 59.5 Å². The zero-order valence-electron chi connectivity index (χ0n) is 10.8. The van der Waals surface area contributed by atoms with Crippen LogP contribution in [0.1, 0.15) is 25.5 Å². The summed E-state index contributed by atoms with van der Waals surface area (Å²) in [4.78, 5) is 7.41. The van der Waals surface area contributed by atoms with Crippen LogP contribution < -0.4 is 5.32 Å². The van der Waals surface area contributed by atoms with Gasteiger partial charge in [0.25, 0.3) is 0 Å². The zero-order valence-corrected chi connectivity index (χ0v) is 11.6. The molecule has 96 valence electrons. The highest BCUT2D eigenvalue weighted by molar-refractivity contribution is 7.99. The molecule has 1 aromatic carbocycles. The van der Waals surface area contributed by atoms with Crippen LogP contribution in [0.5, 0.6) is 0 Å². The average Bonchev–Trinajstić information content (AvgIpc) is 2.89. The molecule has 2 rings (SSSR count). The minimum atomic E-state index is 0.339. The highest BCUT2D eigenvalue weighted by Crippen LogP contribution is 2.29. The van der Waals surface area contributed by atoms with E-state index in [9.17, 15) is 0 Å². The van der Waals surface area contributed by atoms with Gasteiger partial charge in [-0.1, -0.05) is 55.9 Å². The Morgan fingerprint density at radius 3 is 2.72 bits per heavy atom. The highest BCUT2D eigenvalue weighted by atomic mass is 32.2. The van der Waals surface area contributed by atoms with Crippen molar-refractivity contribution >= 4 is 11.8 Å². The molecule has 0 saturated carbocycles. The first-order valence-electron chi connectivity index (χ1n) is 6.25. The first kappa shape index (κ1) is 13.2. The lowest BCUT2D eigenvalue weighted by Gasteiger charge is -2.24. The second kappa shape index (κ2) is 6.61. The Bertz CT molecular complexity index is 441. The quantitative estimate of drug-likeness (QED) is 0.784. The van der Waals surface area contributed by atoms with E-state index in [1.54, 1.807) is 18.0 Å². The Kier molecular flexibility index (Phi) is 4.84. The number of nitrogens with zero attached hydrogens (tertiary/aromatic N) is 1. The van der Waals surface area contributed by atoms with Gasteiger partial charge in [-0.3, -0.25) is 0 Å². The number of H-pyrrole nitrogens is 1. The lowest BCUT2D eigenvalue weighted by Crippen LogP contribution is -2.28. The van der Waals surface area contributed by atoms with E-state index in [-0.39, 0.29) is 0 Å². The summed E-state index contributed by atoms with van der Waals surface area (Å²) in [7, 11) is 0. The molecule has 2 unspecified atom stereocenters. The van der Waals surface area contributed by atoms with E-state index in [1.807, 2.05) is 6.20 Å². The number of rotatable bonds is 6. The third-order valence-electron chi connectivity index (χ3n) is 2.82. The first-order chi connectivity index (χ1) is 8.81. The molecule has 0 amide bonds. The van der Waals surface area contributed by atoms with Crippen molar-refractivity contribution in [3.05, 3.63) is 48.3 Å². The maximum absolute atomic E-state index is 4.27. The minimum Gasteiger partial charge on any atom is -0.340 e. The van der Waals surface area contributed by atoms with Gasteiger partial charge in [-0.2, -0.15) is 0 Å². The molecule has 2 aromatic rings. The summed E-state index contributed by atoms with van der Waals surface area (Å²) in [5.41, 5.74) is 1.32. The Morgan fingerprint density at radius 2 is 2.11 bits per heavy atom. The Hall–Kier alpha value is -1.26. The number of nitrogens with one attached hydrogen (secondary N) is 2. The number of aromatic amines is 1. The molecule has 1 heterocycles. The van der Waals surface area contributed by atoms with Gasteiger partial charge < -0.3 is 10.3 Å². The molecule has 0 saturated heterocycles. The van der Waals surface area contributed by atoms with Crippen molar-refractivity contribution in [2.24, 2.45) is 0 Å². The van der Waals surface area contributed by atoms with Crippen LogP contribution in [0.4, 0.5) is 0 Å². The van der Waals surface area contributed by atoms with Crippen LogP contribution in [0.3, 0.4) is 0 Å². The van der Waals surface area contributed by atoms with Crippen LogP contribution in [0.2, 0.25) is 0 Å². The van der Waals surface area contributed by atoms with Crippen molar-refractivity contribution in [1.82, 2.24) is 15.3 Å². The summed E-state index contributed by atoms with van der Waals surface area (Å²) in [5, 5.41) is 4.94. The van der Waals surface area contributed by atoms with Crippen LogP contribution in [-0.2, 0) is 0 Å². The molecular formula is C14H19N3S. The van der Waals surface area contributed by atoms with Crippen molar-refractivity contribution in [2.45, 2.75) is 30.3 Å². The number of thioether (sulfide) groups is 1. The van der Waals surface area contributed by atoms with Gasteiger partial charge in [0.1, 0.15) is 0 Å². The second-order valence-corrected chi connectivity index (χ2v) is 5.53. The maximum atomic E-state index is 4.27. The molecule has 0 spiro atoms. The van der Waals surface area contributed by atoms with Crippen molar-refractivity contribution in [1.29, 1.82) is 0 Å². The third-order valence-corrected chi connectivity index (χ3v) is 3.91. The van der Waals surface area contributed by atoms with Crippen molar-refractivity contribution in [3.63, 3.8) is 0 Å². The van der Waals surface area contributed by atoms with Gasteiger partial charge in [-0.05, 0) is 12.1 Å². The standard InChI is InChI=1S/C14H19N3S/c1-3-15-13(12-7-5-4-6-8-12)11(2)18-14-16-9-10-17-14/h4-11,13,15H,3H2,1-2H3,(H,16,17). The summed E-state index contributed by atoms with van der Waals surface area (Å²) >= 11 is 1.76. The Balaban J connectivity index is 2.09. The molecule has 0 aliphatic carbocycles. The predicted octanol–water partition coefficient (Wildman–Crippen LogP) is 3.24. The minimum absolute atomic E-state index is 0.339. The van der Waals surface area contributed by atoms with Gasteiger partial charge in [0.05, 0.1) is 0 Å². The highest BCUT2D eigenvalue weighted by Gasteiger charge is 2.19. The predicted molar refractivity (Wildman–Crippen MR) is 76.8 cm³/mol. The number of benzene rings is 1. The summed E-state index contributed by atoms with van der Waals surface area (Å²) in [5.74, 6) is 0.